The molecule has 0 aliphatic heterocycles. The van der Waals surface area contributed by atoms with E-state index in [9.17, 15) is 9.59 Å². The number of carbonyl (C=O) groups excluding carboxylic acids is 2. The van der Waals surface area contributed by atoms with Gasteiger partial charge in [-0.05, 0) is 35.6 Å². The molecule has 0 aliphatic rings. The van der Waals surface area contributed by atoms with Crippen LogP contribution in [0.4, 0.5) is 0 Å². The van der Waals surface area contributed by atoms with Gasteiger partial charge in [0.05, 0.1) is 6.61 Å². The Balaban J connectivity index is 2.49. The zero-order chi connectivity index (χ0) is 12.8. The summed E-state index contributed by atoms with van der Waals surface area (Å²) in [6.07, 6.45) is 0.193. The van der Waals surface area contributed by atoms with Crippen LogP contribution in [0.1, 0.15) is 23.7 Å². The molecule has 0 spiro atoms. The topological polar surface area (TPSA) is 43.4 Å². The number of hydrogen-bond donors (Lipinski definition) is 0. The molecule has 4 heteroatoms. The minimum atomic E-state index is -0.458. The maximum Gasteiger partial charge on any atom is 0.333 e. The lowest BCUT2D eigenvalue weighted by atomic mass is 10.1. The summed E-state index contributed by atoms with van der Waals surface area (Å²) < 4.78 is 5.78. The van der Waals surface area contributed by atoms with Gasteiger partial charge in [-0.2, -0.15) is 0 Å². The number of Topliss-reactive ketones (excluding diaryl/α,β-unsaturated/α-hetero) is 1. The smallest absolute Gasteiger partial charge is 0.333 e. The van der Waals surface area contributed by atoms with Gasteiger partial charge in [-0.15, -0.1) is 0 Å². The summed E-state index contributed by atoms with van der Waals surface area (Å²) in [5.41, 5.74) is 1.01. The summed E-state index contributed by atoms with van der Waals surface area (Å²) in [4.78, 5) is 22.9. The van der Waals surface area contributed by atoms with E-state index in [0.29, 0.717) is 11.1 Å². The fourth-order valence-electron chi connectivity index (χ4n) is 1.18. The largest absolute Gasteiger partial charge is 0.462 e. The molecule has 17 heavy (non-hydrogen) atoms. The molecular weight excluding hydrogens is 331 g/mol. The van der Waals surface area contributed by atoms with Crippen LogP contribution >= 0.6 is 22.6 Å². The number of esters is 1. The Kier molecular flexibility index (Phi) is 5.34. The number of carbonyl (C=O) groups is 2. The van der Waals surface area contributed by atoms with E-state index in [0.717, 1.165) is 3.57 Å². The van der Waals surface area contributed by atoms with E-state index in [1.165, 1.54) is 0 Å². The van der Waals surface area contributed by atoms with E-state index < -0.39 is 5.97 Å². The molecule has 0 aromatic heterocycles. The highest BCUT2D eigenvalue weighted by atomic mass is 127. The second-order valence-corrected chi connectivity index (χ2v) is 4.73. The van der Waals surface area contributed by atoms with Crippen LogP contribution in [0.15, 0.2) is 36.4 Å². The predicted octanol–water partition coefficient (Wildman–Crippen LogP) is 2.98. The standard InChI is InChI=1S/C13H13IO3/c1-9(2)13(16)17-8-7-12(15)10-5-3-4-6-11(10)14/h3-6H,1,7-8H2,2H3. The fraction of sp³-hybridized carbons (Fsp3) is 0.231. The number of ketones is 1. The molecule has 3 nitrogen and oxygen atoms in total. The number of benzene rings is 1. The Morgan fingerprint density at radius 3 is 2.59 bits per heavy atom. The Morgan fingerprint density at radius 1 is 1.35 bits per heavy atom. The Morgan fingerprint density at radius 2 is 2.00 bits per heavy atom. The number of hydrogen-bond acceptors (Lipinski definition) is 3. The van der Waals surface area contributed by atoms with Crippen LogP contribution in [-0.2, 0) is 9.53 Å². The summed E-state index contributed by atoms with van der Waals surface area (Å²) in [6.45, 7) is 5.13. The zero-order valence-corrected chi connectivity index (χ0v) is 11.7. The zero-order valence-electron chi connectivity index (χ0n) is 9.53. The van der Waals surface area contributed by atoms with Gasteiger partial charge in [0.2, 0.25) is 0 Å². The monoisotopic (exact) mass is 344 g/mol. The maximum absolute atomic E-state index is 11.8. The molecule has 0 heterocycles. The number of ether oxygens (including phenoxy) is 1. The SMILES string of the molecule is C=C(C)C(=O)OCCC(=O)c1ccccc1I. The normalized spacial score (nSPS) is 9.76. The van der Waals surface area contributed by atoms with E-state index in [1.54, 1.807) is 13.0 Å². The summed E-state index contributed by atoms with van der Waals surface area (Å²) in [5.74, 6) is -0.481. The first-order chi connectivity index (χ1) is 8.02. The van der Waals surface area contributed by atoms with Crippen LogP contribution in [0.2, 0.25) is 0 Å². The summed E-state index contributed by atoms with van der Waals surface area (Å²) in [5, 5.41) is 0. The van der Waals surface area contributed by atoms with Crippen LogP contribution < -0.4 is 0 Å². The van der Waals surface area contributed by atoms with Gasteiger partial charge < -0.3 is 4.74 Å². The first-order valence-electron chi connectivity index (χ1n) is 5.12. The van der Waals surface area contributed by atoms with Crippen LogP contribution in [-0.4, -0.2) is 18.4 Å². The van der Waals surface area contributed by atoms with Gasteiger partial charge in [0.25, 0.3) is 0 Å². The van der Waals surface area contributed by atoms with Crippen molar-refractivity contribution < 1.29 is 14.3 Å². The lowest BCUT2D eigenvalue weighted by Gasteiger charge is -2.05. The molecule has 0 saturated heterocycles. The minimum absolute atomic E-state index is 0.0236. The van der Waals surface area contributed by atoms with Crippen LogP contribution in [0.5, 0.6) is 0 Å². The molecule has 1 aromatic rings. The lowest BCUT2D eigenvalue weighted by Crippen LogP contribution is -2.11. The van der Waals surface area contributed by atoms with E-state index >= 15 is 0 Å². The van der Waals surface area contributed by atoms with Gasteiger partial charge in [-0.25, -0.2) is 4.79 Å². The van der Waals surface area contributed by atoms with Crippen molar-refractivity contribution in [3.63, 3.8) is 0 Å². The molecule has 0 atom stereocenters. The number of halogens is 1. The third-order valence-corrected chi connectivity index (χ3v) is 3.03. The minimum Gasteiger partial charge on any atom is -0.462 e. The molecule has 1 rings (SSSR count). The molecule has 1 aromatic carbocycles. The summed E-state index contributed by atoms with van der Waals surface area (Å²) in [6, 6.07) is 7.33. The second kappa shape index (κ2) is 6.54. The molecule has 0 radical (unpaired) electrons. The summed E-state index contributed by atoms with van der Waals surface area (Å²) in [7, 11) is 0. The third-order valence-electron chi connectivity index (χ3n) is 2.09. The molecule has 0 amide bonds. The molecule has 0 bridgehead atoms. The van der Waals surface area contributed by atoms with Crippen molar-refractivity contribution in [3.8, 4) is 0 Å². The third kappa shape index (κ3) is 4.30. The van der Waals surface area contributed by atoms with Crippen LogP contribution in [0.25, 0.3) is 0 Å². The van der Waals surface area contributed by atoms with Gasteiger partial charge in [-0.3, -0.25) is 4.79 Å². The van der Waals surface area contributed by atoms with E-state index in [4.69, 9.17) is 4.74 Å². The van der Waals surface area contributed by atoms with Crippen molar-refractivity contribution in [2.75, 3.05) is 6.61 Å². The Hall–Kier alpha value is -1.17. The Bertz CT molecular complexity index is 452. The van der Waals surface area contributed by atoms with Gasteiger partial charge in [0.15, 0.2) is 5.78 Å². The highest BCUT2D eigenvalue weighted by Crippen LogP contribution is 2.13. The quantitative estimate of drug-likeness (QED) is 0.357. The number of rotatable bonds is 5. The average Bonchev–Trinajstić information content (AvgIpc) is 2.29. The van der Waals surface area contributed by atoms with Crippen molar-refractivity contribution >= 4 is 34.3 Å². The lowest BCUT2D eigenvalue weighted by molar-refractivity contribution is -0.138. The predicted molar refractivity (Wildman–Crippen MR) is 73.9 cm³/mol. The first-order valence-corrected chi connectivity index (χ1v) is 6.20. The first kappa shape index (κ1) is 13.9. The Labute approximate surface area is 114 Å². The van der Waals surface area contributed by atoms with Gasteiger partial charge in [-0.1, -0.05) is 24.8 Å². The van der Waals surface area contributed by atoms with Gasteiger partial charge in [0, 0.05) is 21.1 Å². The van der Waals surface area contributed by atoms with Crippen molar-refractivity contribution in [1.29, 1.82) is 0 Å². The molecule has 0 saturated carbocycles. The van der Waals surface area contributed by atoms with Crippen molar-refractivity contribution in [2.45, 2.75) is 13.3 Å². The van der Waals surface area contributed by atoms with E-state index in [1.807, 2.05) is 18.2 Å². The molecular formula is C13H13IO3. The molecule has 0 aliphatic carbocycles. The van der Waals surface area contributed by atoms with E-state index in [-0.39, 0.29) is 18.8 Å². The molecule has 0 fully saturated rings. The summed E-state index contributed by atoms with van der Waals surface area (Å²) >= 11 is 2.11. The van der Waals surface area contributed by atoms with Crippen molar-refractivity contribution in [2.24, 2.45) is 0 Å². The van der Waals surface area contributed by atoms with Gasteiger partial charge >= 0.3 is 5.97 Å². The van der Waals surface area contributed by atoms with Crippen molar-refractivity contribution in [3.05, 3.63) is 45.6 Å². The highest BCUT2D eigenvalue weighted by molar-refractivity contribution is 14.1. The second-order valence-electron chi connectivity index (χ2n) is 3.57. The van der Waals surface area contributed by atoms with Crippen LogP contribution in [0.3, 0.4) is 0 Å². The highest BCUT2D eigenvalue weighted by Gasteiger charge is 2.10. The molecule has 0 unspecified atom stereocenters. The average molecular weight is 344 g/mol. The van der Waals surface area contributed by atoms with Crippen molar-refractivity contribution in [1.82, 2.24) is 0 Å². The van der Waals surface area contributed by atoms with Crippen LogP contribution in [0, 0.1) is 3.57 Å². The molecule has 0 N–H and O–H groups in total. The van der Waals surface area contributed by atoms with E-state index in [2.05, 4.69) is 29.2 Å². The maximum atomic E-state index is 11.8. The van der Waals surface area contributed by atoms with Gasteiger partial charge in [0.1, 0.15) is 0 Å². The molecule has 90 valence electrons. The fourth-order valence-corrected chi connectivity index (χ4v) is 1.87.